The Morgan fingerprint density at radius 3 is 2.73 bits per heavy atom. The second-order valence-corrected chi connectivity index (χ2v) is 5.77. The van der Waals surface area contributed by atoms with E-state index in [4.69, 9.17) is 26.9 Å². The number of ether oxygens (including phenoxy) is 1. The molecule has 0 spiro atoms. The zero-order valence-electron chi connectivity index (χ0n) is 12.7. The summed E-state index contributed by atoms with van der Waals surface area (Å²) in [6, 6.07) is 7.07. The molecule has 2 N–H and O–H groups in total. The van der Waals surface area contributed by atoms with Crippen LogP contribution in [-0.2, 0) is 9.63 Å². The van der Waals surface area contributed by atoms with Crippen molar-refractivity contribution in [2.75, 3.05) is 13.2 Å². The van der Waals surface area contributed by atoms with E-state index in [-0.39, 0.29) is 24.4 Å². The van der Waals surface area contributed by atoms with E-state index < -0.39 is 6.10 Å². The van der Waals surface area contributed by atoms with Crippen molar-refractivity contribution in [3.63, 3.8) is 0 Å². The van der Waals surface area contributed by atoms with Gasteiger partial charge in [0.05, 0.1) is 0 Å². The molecule has 22 heavy (non-hydrogen) atoms. The minimum absolute atomic E-state index is 0.0508. The van der Waals surface area contributed by atoms with E-state index in [2.05, 4.69) is 5.16 Å². The zero-order chi connectivity index (χ0) is 16.1. The predicted octanol–water partition coefficient (Wildman–Crippen LogP) is 2.02. The Bertz CT molecular complexity index is 545. The van der Waals surface area contributed by atoms with Gasteiger partial charge in [-0.3, -0.25) is 4.79 Å². The summed E-state index contributed by atoms with van der Waals surface area (Å²) in [6.45, 7) is 4.70. The molecule has 0 aromatic heterocycles. The summed E-state index contributed by atoms with van der Waals surface area (Å²) in [5.74, 6) is 0.751. The van der Waals surface area contributed by atoms with Gasteiger partial charge in [0.1, 0.15) is 12.4 Å². The molecule has 1 aliphatic heterocycles. The number of nitrogens with two attached hydrogens (primary N) is 1. The average Bonchev–Trinajstić information content (AvgIpc) is 2.85. The Kier molecular flexibility index (Phi) is 5.49. The highest BCUT2D eigenvalue weighted by molar-refractivity contribution is 6.30. The van der Waals surface area contributed by atoms with Crippen LogP contribution in [0.2, 0.25) is 5.02 Å². The van der Waals surface area contributed by atoms with Crippen LogP contribution >= 0.6 is 11.6 Å². The van der Waals surface area contributed by atoms with E-state index >= 15 is 0 Å². The molecule has 1 aromatic carbocycles. The maximum absolute atomic E-state index is 12.0. The summed E-state index contributed by atoms with van der Waals surface area (Å²) in [5.41, 5.74) is 5.72. The normalized spacial score (nSPS) is 18.9. The molecule has 120 valence electrons. The fourth-order valence-corrected chi connectivity index (χ4v) is 2.26. The molecule has 1 aliphatic rings. The molecule has 1 saturated heterocycles. The van der Waals surface area contributed by atoms with Gasteiger partial charge in [0.15, 0.2) is 5.84 Å². The van der Waals surface area contributed by atoms with Crippen LogP contribution < -0.4 is 10.5 Å². The molecular formula is C15H20ClN3O3. The first-order chi connectivity index (χ1) is 10.5. The first-order valence-corrected chi connectivity index (χ1v) is 7.52. The van der Waals surface area contributed by atoms with Crippen molar-refractivity contribution in [3.05, 3.63) is 29.3 Å². The maximum atomic E-state index is 12.0. The van der Waals surface area contributed by atoms with Gasteiger partial charge in [-0.25, -0.2) is 0 Å². The summed E-state index contributed by atoms with van der Waals surface area (Å²) in [5, 5.41) is 4.41. The van der Waals surface area contributed by atoms with Crippen LogP contribution in [0.3, 0.4) is 0 Å². The maximum Gasteiger partial charge on any atom is 0.266 e. The molecule has 1 atom stereocenters. The molecule has 0 bridgehead atoms. The Hall–Kier alpha value is -1.95. The van der Waals surface area contributed by atoms with Gasteiger partial charge in [0, 0.05) is 24.0 Å². The lowest BCUT2D eigenvalue weighted by Gasteiger charge is -2.20. The molecule has 1 aromatic rings. The van der Waals surface area contributed by atoms with Gasteiger partial charge in [0.2, 0.25) is 6.10 Å². The molecule has 6 nitrogen and oxygen atoms in total. The Morgan fingerprint density at radius 2 is 2.14 bits per heavy atom. The summed E-state index contributed by atoms with van der Waals surface area (Å²) in [6.07, 6.45) is 0.0581. The number of rotatable bonds is 6. The van der Waals surface area contributed by atoms with Gasteiger partial charge in [-0.1, -0.05) is 16.8 Å². The number of likely N-dealkylation sites (tertiary alicyclic amines) is 1. The molecule has 1 unspecified atom stereocenters. The molecule has 2 rings (SSSR count). The molecule has 1 amide bonds. The average molecular weight is 326 g/mol. The number of hydrogen-bond acceptors (Lipinski definition) is 4. The van der Waals surface area contributed by atoms with Crippen molar-refractivity contribution in [1.82, 2.24) is 4.90 Å². The minimum Gasteiger partial charge on any atom is -0.486 e. The lowest BCUT2D eigenvalue weighted by molar-refractivity contribution is -0.138. The molecule has 0 radical (unpaired) electrons. The number of carbonyl (C=O) groups excluding carboxylic acids is 1. The van der Waals surface area contributed by atoms with Gasteiger partial charge < -0.3 is 20.2 Å². The topological polar surface area (TPSA) is 77.2 Å². The smallest absolute Gasteiger partial charge is 0.266 e. The summed E-state index contributed by atoms with van der Waals surface area (Å²) in [4.78, 5) is 19.0. The highest BCUT2D eigenvalue weighted by Crippen LogP contribution is 2.17. The van der Waals surface area contributed by atoms with Crippen LogP contribution in [0, 0.1) is 0 Å². The second kappa shape index (κ2) is 7.35. The van der Waals surface area contributed by atoms with Gasteiger partial charge in [0.25, 0.3) is 5.91 Å². The minimum atomic E-state index is -0.559. The lowest BCUT2D eigenvalue weighted by atomic mass is 10.3. The number of carbonyl (C=O) groups is 1. The van der Waals surface area contributed by atoms with E-state index in [9.17, 15) is 4.79 Å². The monoisotopic (exact) mass is 325 g/mol. The third-order valence-electron chi connectivity index (χ3n) is 3.31. The second-order valence-electron chi connectivity index (χ2n) is 5.33. The number of hydrogen-bond donors (Lipinski definition) is 1. The van der Waals surface area contributed by atoms with Crippen LogP contribution in [0.4, 0.5) is 0 Å². The van der Waals surface area contributed by atoms with Gasteiger partial charge in [-0.15, -0.1) is 0 Å². The third-order valence-corrected chi connectivity index (χ3v) is 3.56. The van der Waals surface area contributed by atoms with E-state index in [1.807, 2.05) is 13.8 Å². The summed E-state index contributed by atoms with van der Waals surface area (Å²) >= 11 is 5.78. The van der Waals surface area contributed by atoms with Crippen molar-refractivity contribution in [1.29, 1.82) is 0 Å². The molecule has 1 heterocycles. The highest BCUT2D eigenvalue weighted by atomic mass is 35.5. The quantitative estimate of drug-likeness (QED) is 0.493. The highest BCUT2D eigenvalue weighted by Gasteiger charge is 2.34. The van der Waals surface area contributed by atoms with Crippen LogP contribution in [0.15, 0.2) is 29.4 Å². The fraction of sp³-hybridized carbons (Fsp3) is 0.467. The van der Waals surface area contributed by atoms with Crippen molar-refractivity contribution >= 4 is 23.3 Å². The number of oxime groups is 1. The van der Waals surface area contributed by atoms with Crippen LogP contribution in [0.5, 0.6) is 5.75 Å². The van der Waals surface area contributed by atoms with Crippen molar-refractivity contribution in [3.8, 4) is 5.75 Å². The van der Waals surface area contributed by atoms with E-state index in [0.29, 0.717) is 23.7 Å². The van der Waals surface area contributed by atoms with Gasteiger partial charge in [-0.2, -0.15) is 0 Å². The summed E-state index contributed by atoms with van der Waals surface area (Å²) in [7, 11) is 0. The molecule has 1 fully saturated rings. The number of benzene rings is 1. The van der Waals surface area contributed by atoms with E-state index in [1.165, 1.54) is 0 Å². The standard InChI is InChI=1S/C15H20ClN3O3/c1-10(2)19-8-7-13(15(19)20)22-18-14(17)9-21-12-5-3-11(16)4-6-12/h3-6,10,13H,7-9H2,1-2H3,(H2,17,18). The molecule has 0 saturated carbocycles. The first kappa shape index (κ1) is 16.4. The molecule has 7 heteroatoms. The van der Waals surface area contributed by atoms with Crippen LogP contribution in [0.1, 0.15) is 20.3 Å². The summed E-state index contributed by atoms with van der Waals surface area (Å²) < 4.78 is 5.43. The largest absolute Gasteiger partial charge is 0.486 e. The van der Waals surface area contributed by atoms with Crippen LogP contribution in [-0.4, -0.2) is 41.9 Å². The van der Waals surface area contributed by atoms with Crippen molar-refractivity contribution in [2.45, 2.75) is 32.4 Å². The third kappa shape index (κ3) is 4.27. The van der Waals surface area contributed by atoms with Gasteiger partial charge in [-0.05, 0) is 38.1 Å². The lowest BCUT2D eigenvalue weighted by Crippen LogP contribution is -2.35. The predicted molar refractivity (Wildman–Crippen MR) is 84.9 cm³/mol. The molecular weight excluding hydrogens is 306 g/mol. The first-order valence-electron chi connectivity index (χ1n) is 7.14. The SMILES string of the molecule is CC(C)N1CCC(O/N=C(\N)COc2ccc(Cl)cc2)C1=O. The number of halogens is 1. The Morgan fingerprint density at radius 1 is 1.45 bits per heavy atom. The fourth-order valence-electron chi connectivity index (χ4n) is 2.13. The number of nitrogens with zero attached hydrogens (tertiary/aromatic N) is 2. The Balaban J connectivity index is 1.80. The van der Waals surface area contributed by atoms with E-state index in [1.54, 1.807) is 29.2 Å². The number of amidine groups is 1. The van der Waals surface area contributed by atoms with Gasteiger partial charge >= 0.3 is 0 Å². The van der Waals surface area contributed by atoms with Crippen LogP contribution in [0.25, 0.3) is 0 Å². The van der Waals surface area contributed by atoms with Crippen molar-refractivity contribution in [2.24, 2.45) is 10.9 Å². The zero-order valence-corrected chi connectivity index (χ0v) is 13.4. The van der Waals surface area contributed by atoms with E-state index in [0.717, 1.165) is 0 Å². The molecule has 0 aliphatic carbocycles. The van der Waals surface area contributed by atoms with Crippen molar-refractivity contribution < 1.29 is 14.4 Å². The Labute approximate surface area is 134 Å². The number of amides is 1.